The molecule has 0 saturated carbocycles. The van der Waals surface area contributed by atoms with Gasteiger partial charge in [0.1, 0.15) is 6.04 Å². The van der Waals surface area contributed by atoms with E-state index < -0.39 is 42.3 Å². The van der Waals surface area contributed by atoms with Crippen LogP contribution >= 0.6 is 58.0 Å². The lowest BCUT2D eigenvalue weighted by Gasteiger charge is -2.27. The first-order valence-corrected chi connectivity index (χ1v) is 13.8. The number of anilines is 1. The molecule has 0 unspecified atom stereocenters. The molecule has 8 nitrogen and oxygen atoms in total. The maximum atomic E-state index is 13.2. The fourth-order valence-electron chi connectivity index (χ4n) is 4.26. The first-order chi connectivity index (χ1) is 19.3. The lowest BCUT2D eigenvalue weighted by Crippen LogP contribution is -2.49. The highest BCUT2D eigenvalue weighted by atomic mass is 35.5. The summed E-state index contributed by atoms with van der Waals surface area (Å²) in [6, 6.07) is 11.3. The monoisotopic (exact) mass is 654 g/mol. The van der Waals surface area contributed by atoms with Crippen LogP contribution in [0.25, 0.3) is 0 Å². The van der Waals surface area contributed by atoms with Gasteiger partial charge in [0.25, 0.3) is 17.7 Å². The van der Waals surface area contributed by atoms with Gasteiger partial charge < -0.3 is 10.1 Å². The van der Waals surface area contributed by atoms with Crippen molar-refractivity contribution in [1.82, 2.24) is 4.90 Å². The summed E-state index contributed by atoms with van der Waals surface area (Å²) in [6.07, 6.45) is 0. The Labute approximate surface area is 259 Å². The SMILES string of the molecule is CC(C)[C@H](C(=O)OCC(=O)Nc1ccc(Cl)cc1C(=O)c1ccccc1)N1C(=O)c2c(Cl)c(Cl)c(Cl)c(Cl)c2C1=O. The summed E-state index contributed by atoms with van der Waals surface area (Å²) in [6.45, 7) is 2.37. The number of hydrogen-bond acceptors (Lipinski definition) is 6. The molecule has 0 bridgehead atoms. The Hall–Kier alpha value is -3.14. The zero-order chi connectivity index (χ0) is 30.2. The van der Waals surface area contributed by atoms with Crippen LogP contribution in [0.5, 0.6) is 0 Å². The topological polar surface area (TPSA) is 110 Å². The third kappa shape index (κ3) is 5.94. The molecule has 4 rings (SSSR count). The van der Waals surface area contributed by atoms with E-state index in [1.54, 1.807) is 44.2 Å². The van der Waals surface area contributed by atoms with Gasteiger partial charge in [-0.15, -0.1) is 0 Å². The highest BCUT2D eigenvalue weighted by Crippen LogP contribution is 2.45. The summed E-state index contributed by atoms with van der Waals surface area (Å²) in [5.74, 6) is -4.67. The van der Waals surface area contributed by atoms with Crippen LogP contribution in [0.2, 0.25) is 25.1 Å². The highest BCUT2D eigenvalue weighted by Gasteiger charge is 2.48. The first kappa shape index (κ1) is 30.8. The van der Waals surface area contributed by atoms with Gasteiger partial charge in [-0.3, -0.25) is 24.1 Å². The van der Waals surface area contributed by atoms with E-state index in [1.165, 1.54) is 18.2 Å². The van der Waals surface area contributed by atoms with E-state index in [-0.39, 0.29) is 53.3 Å². The van der Waals surface area contributed by atoms with Crippen LogP contribution in [-0.4, -0.2) is 47.0 Å². The third-order valence-corrected chi connectivity index (χ3v) is 8.20. The van der Waals surface area contributed by atoms with Crippen molar-refractivity contribution < 1.29 is 28.7 Å². The highest BCUT2D eigenvalue weighted by molar-refractivity contribution is 6.55. The average molecular weight is 657 g/mol. The molecule has 0 saturated heterocycles. The van der Waals surface area contributed by atoms with Gasteiger partial charge in [-0.05, 0) is 24.1 Å². The number of nitrogens with zero attached hydrogens (tertiary/aromatic N) is 1. The predicted molar refractivity (Wildman–Crippen MR) is 157 cm³/mol. The van der Waals surface area contributed by atoms with Crippen molar-refractivity contribution in [3.05, 3.63) is 95.9 Å². The van der Waals surface area contributed by atoms with Crippen LogP contribution in [0.3, 0.4) is 0 Å². The van der Waals surface area contributed by atoms with Crippen molar-refractivity contribution in [1.29, 1.82) is 0 Å². The van der Waals surface area contributed by atoms with Crippen molar-refractivity contribution in [2.24, 2.45) is 5.92 Å². The number of rotatable bonds is 8. The van der Waals surface area contributed by atoms with Crippen molar-refractivity contribution in [3.8, 4) is 0 Å². The second kappa shape index (κ2) is 12.4. The number of hydrogen-bond donors (Lipinski definition) is 1. The largest absolute Gasteiger partial charge is 0.454 e. The van der Waals surface area contributed by atoms with E-state index in [1.807, 2.05) is 0 Å². The Morgan fingerprint density at radius 1 is 0.829 bits per heavy atom. The Morgan fingerprint density at radius 3 is 1.93 bits per heavy atom. The fourth-order valence-corrected chi connectivity index (χ4v) is 5.45. The summed E-state index contributed by atoms with van der Waals surface area (Å²) in [5.41, 5.74) is 0.0695. The predicted octanol–water partition coefficient (Wildman–Crippen LogP) is 6.99. The summed E-state index contributed by atoms with van der Waals surface area (Å²) in [5, 5.41) is 1.82. The van der Waals surface area contributed by atoms with Crippen LogP contribution in [0.1, 0.15) is 50.5 Å². The quantitative estimate of drug-likeness (QED) is 0.0921. The van der Waals surface area contributed by atoms with Gasteiger partial charge in [-0.25, -0.2) is 4.79 Å². The number of imide groups is 1. The molecule has 0 spiro atoms. The molecule has 41 heavy (non-hydrogen) atoms. The van der Waals surface area contributed by atoms with Crippen molar-refractivity contribution in [2.75, 3.05) is 11.9 Å². The number of fused-ring (bicyclic) bond motifs is 1. The van der Waals surface area contributed by atoms with Crippen LogP contribution in [0, 0.1) is 5.92 Å². The smallest absolute Gasteiger partial charge is 0.330 e. The number of amides is 3. The molecular formula is C28H19Cl5N2O6. The normalized spacial score (nSPS) is 13.3. The van der Waals surface area contributed by atoms with Crippen LogP contribution < -0.4 is 5.32 Å². The van der Waals surface area contributed by atoms with Crippen LogP contribution in [0.4, 0.5) is 5.69 Å². The number of halogens is 5. The number of ketones is 1. The van der Waals surface area contributed by atoms with Crippen molar-refractivity contribution in [2.45, 2.75) is 19.9 Å². The molecule has 212 valence electrons. The summed E-state index contributed by atoms with van der Waals surface area (Å²) in [7, 11) is 0. The van der Waals surface area contributed by atoms with Gasteiger partial charge in [0, 0.05) is 16.1 Å². The van der Waals surface area contributed by atoms with Crippen molar-refractivity contribution in [3.63, 3.8) is 0 Å². The molecule has 1 aliphatic rings. The minimum atomic E-state index is -1.44. The molecule has 1 aliphatic heterocycles. The molecular weight excluding hydrogens is 638 g/mol. The van der Waals surface area contributed by atoms with Crippen LogP contribution in [-0.2, 0) is 14.3 Å². The maximum absolute atomic E-state index is 13.2. The number of benzene rings is 3. The number of carbonyl (C=O) groups is 5. The summed E-state index contributed by atoms with van der Waals surface area (Å²) in [4.78, 5) is 66.1. The second-order valence-electron chi connectivity index (χ2n) is 9.22. The Morgan fingerprint density at radius 2 is 1.39 bits per heavy atom. The third-order valence-electron chi connectivity index (χ3n) is 6.17. The van der Waals surface area contributed by atoms with E-state index in [2.05, 4.69) is 5.32 Å². The molecule has 1 heterocycles. The zero-order valence-electron chi connectivity index (χ0n) is 21.3. The van der Waals surface area contributed by atoms with Gasteiger partial charge >= 0.3 is 5.97 Å². The van der Waals surface area contributed by atoms with Gasteiger partial charge in [0.05, 0.1) is 36.9 Å². The first-order valence-electron chi connectivity index (χ1n) is 11.9. The van der Waals surface area contributed by atoms with E-state index in [0.29, 0.717) is 10.5 Å². The number of ether oxygens (including phenoxy) is 1. The van der Waals surface area contributed by atoms with E-state index in [4.69, 9.17) is 62.7 Å². The maximum Gasteiger partial charge on any atom is 0.330 e. The molecule has 3 aromatic carbocycles. The van der Waals surface area contributed by atoms with Crippen molar-refractivity contribution >= 4 is 93.2 Å². The lowest BCUT2D eigenvalue weighted by atomic mass is 10.0. The van der Waals surface area contributed by atoms with Gasteiger partial charge in [0.15, 0.2) is 12.4 Å². The average Bonchev–Trinajstić information content (AvgIpc) is 3.20. The lowest BCUT2D eigenvalue weighted by molar-refractivity contribution is -0.152. The zero-order valence-corrected chi connectivity index (χ0v) is 25.0. The molecule has 0 radical (unpaired) electrons. The number of carbonyl (C=O) groups excluding carboxylic acids is 5. The Balaban J connectivity index is 1.52. The van der Waals surface area contributed by atoms with E-state index in [9.17, 15) is 24.0 Å². The van der Waals surface area contributed by atoms with Gasteiger partial charge in [-0.1, -0.05) is 102 Å². The number of nitrogens with one attached hydrogen (secondary N) is 1. The molecule has 13 heteroatoms. The molecule has 0 fully saturated rings. The standard InChI is InChI=1S/C28H19Cl5N2O6/c1-12(2)24(35-26(38)18-19(27(35)39)21(31)23(33)22(32)20(18)30)28(40)41-11-17(36)34-16-9-8-14(29)10-15(16)25(37)13-6-4-3-5-7-13/h3-10,12,24H,11H2,1-2H3,(H,34,36)/t24-/m1/s1. The summed E-state index contributed by atoms with van der Waals surface area (Å²) >= 11 is 30.6. The van der Waals surface area contributed by atoms with E-state index >= 15 is 0 Å². The number of esters is 1. The molecule has 1 N–H and O–H groups in total. The Kier molecular flexibility index (Phi) is 9.31. The Bertz CT molecular complexity index is 1560. The molecule has 0 aliphatic carbocycles. The summed E-state index contributed by atoms with van der Waals surface area (Å²) < 4.78 is 5.20. The van der Waals surface area contributed by atoms with E-state index in [0.717, 1.165) is 0 Å². The van der Waals surface area contributed by atoms with Gasteiger partial charge in [0.2, 0.25) is 0 Å². The fraction of sp³-hybridized carbons (Fsp3) is 0.179. The molecule has 0 aromatic heterocycles. The molecule has 3 amide bonds. The van der Waals surface area contributed by atoms with Gasteiger partial charge in [-0.2, -0.15) is 0 Å². The molecule has 1 atom stereocenters. The minimum Gasteiger partial charge on any atom is -0.454 e. The molecule has 3 aromatic rings. The second-order valence-corrected chi connectivity index (χ2v) is 11.2. The minimum absolute atomic E-state index is 0.125. The van der Waals surface area contributed by atoms with Crippen LogP contribution in [0.15, 0.2) is 48.5 Å².